The maximum atomic E-state index is 14.0. The predicted octanol–water partition coefficient (Wildman–Crippen LogP) is 9.06. The quantitative estimate of drug-likeness (QED) is 0.0442. The molecule has 3 amide bonds. The van der Waals surface area contributed by atoms with Gasteiger partial charge in [-0.25, -0.2) is 4.98 Å². The fourth-order valence-electron chi connectivity index (χ4n) is 8.78. The molecular formula is C53H58F3N9O5S2. The second-order valence-corrected chi connectivity index (χ2v) is 20.7. The van der Waals surface area contributed by atoms with Gasteiger partial charge in [0.15, 0.2) is 5.11 Å². The zero-order valence-electron chi connectivity index (χ0n) is 40.9. The number of carbonyl (C=O) groups excluding carboxylic acids is 3. The molecule has 72 heavy (non-hydrogen) atoms. The summed E-state index contributed by atoms with van der Waals surface area (Å²) in [6.45, 7) is 11.9. The number of ether oxygens (including phenoxy) is 1. The van der Waals surface area contributed by atoms with Gasteiger partial charge in [-0.1, -0.05) is 69.3 Å². The zero-order chi connectivity index (χ0) is 52.1. The lowest BCUT2D eigenvalue weighted by molar-refractivity contribution is -0.144. The Bertz CT molecular complexity index is 2840. The SMILES string of the molecule is Cc1ncsc1-c1ccc(CNC(=O)[C@@H]2C[C@@H](O)CN2C(=O)[C@@H](NC(=O)COCCCCNc2ccc(-c3ccc(N4C(=S)N(c5ccc(C#N)c(C(F)(F)F)c5)C(=N)C4(C)C)cc3)cc2)C(C)(C)C)cc1. The number of β-amino-alcohol motifs (C(OH)–C–C–N with tert-alkyl or cyclic N) is 1. The van der Waals surface area contributed by atoms with E-state index in [2.05, 4.69) is 20.9 Å². The first-order valence-electron chi connectivity index (χ1n) is 23.5. The number of thiazole rings is 1. The van der Waals surface area contributed by atoms with Crippen molar-refractivity contribution >= 4 is 69.3 Å². The minimum absolute atomic E-state index is 0.00977. The van der Waals surface area contributed by atoms with Crippen LogP contribution in [-0.2, 0) is 31.8 Å². The molecule has 5 aromatic rings. The van der Waals surface area contributed by atoms with E-state index < -0.39 is 58.3 Å². The van der Waals surface area contributed by atoms with E-state index in [1.807, 2.05) is 100 Å². The van der Waals surface area contributed by atoms with Crippen molar-refractivity contribution in [3.8, 4) is 27.6 Å². The van der Waals surface area contributed by atoms with E-state index in [1.54, 1.807) is 41.7 Å². The van der Waals surface area contributed by atoms with Gasteiger partial charge >= 0.3 is 6.18 Å². The van der Waals surface area contributed by atoms with E-state index in [-0.39, 0.29) is 48.7 Å². The van der Waals surface area contributed by atoms with Crippen LogP contribution in [0.4, 0.5) is 30.2 Å². The average Bonchev–Trinajstić information content (AvgIpc) is 4.01. The normalized spacial score (nSPS) is 17.2. The van der Waals surface area contributed by atoms with Gasteiger partial charge < -0.3 is 35.6 Å². The molecule has 0 spiro atoms. The Hall–Kier alpha value is -6.72. The molecule has 2 aliphatic heterocycles. The Morgan fingerprint density at radius 2 is 1.61 bits per heavy atom. The molecule has 0 radical (unpaired) electrons. The number of benzene rings is 4. The van der Waals surface area contributed by atoms with Crippen LogP contribution in [0.15, 0.2) is 96.5 Å². The number of aliphatic hydroxyl groups is 1. The van der Waals surface area contributed by atoms with Gasteiger partial charge in [-0.2, -0.15) is 18.4 Å². The molecule has 0 bridgehead atoms. The third-order valence-electron chi connectivity index (χ3n) is 12.8. The van der Waals surface area contributed by atoms with Gasteiger partial charge in [-0.05, 0) is 116 Å². The number of amidine groups is 1. The number of thiocarbonyl (C=S) groups is 1. The highest BCUT2D eigenvalue weighted by molar-refractivity contribution is 7.81. The summed E-state index contributed by atoms with van der Waals surface area (Å²) < 4.78 is 47.1. The van der Waals surface area contributed by atoms with Crippen molar-refractivity contribution in [2.75, 3.05) is 41.4 Å². The number of hydrogen-bond donors (Lipinski definition) is 5. The zero-order valence-corrected chi connectivity index (χ0v) is 42.5. The molecule has 0 saturated carbocycles. The summed E-state index contributed by atoms with van der Waals surface area (Å²) in [6.07, 6.45) is -4.14. The standard InChI is InChI=1S/C53H58F3N9O5S2/c1-32-45(72-31-61-32)36-11-9-33(10-12-36)28-60-47(68)43-26-41(66)29-63(43)48(69)46(51(2,3)4)62-44(67)30-70-24-8-7-23-59-38-18-13-34(14-19-38)35-15-20-39(21-16-35)65-50(71)64(49(58)52(65,5)6)40-22-17-37(27-57)42(25-40)53(54,55)56/h9-22,25,31,41,43,46,58-59,66H,7-8,23-24,26,28-30H2,1-6H3,(H,60,68)(H,62,67)/t41-,43+,46-/m1/s1. The van der Waals surface area contributed by atoms with Crippen molar-refractivity contribution in [1.29, 1.82) is 10.7 Å². The minimum atomic E-state index is -4.76. The van der Waals surface area contributed by atoms with Gasteiger partial charge in [0.1, 0.15) is 24.5 Å². The van der Waals surface area contributed by atoms with Crippen LogP contribution < -0.4 is 25.8 Å². The lowest BCUT2D eigenvalue weighted by Gasteiger charge is -2.35. The summed E-state index contributed by atoms with van der Waals surface area (Å²) in [5.41, 5.74) is 4.85. The highest BCUT2D eigenvalue weighted by atomic mass is 32.1. The Morgan fingerprint density at radius 1 is 0.972 bits per heavy atom. The Labute approximate surface area is 426 Å². The number of aryl methyl sites for hydroxylation is 1. The number of anilines is 3. The Morgan fingerprint density at radius 3 is 2.22 bits per heavy atom. The summed E-state index contributed by atoms with van der Waals surface area (Å²) in [4.78, 5) is 50.4. The molecule has 378 valence electrons. The fourth-order valence-corrected chi connectivity index (χ4v) is 10.1. The molecule has 3 atom stereocenters. The number of likely N-dealkylation sites (tertiary alicyclic amines) is 1. The Kier molecular flexibility index (Phi) is 16.2. The highest BCUT2D eigenvalue weighted by Gasteiger charge is 2.48. The Balaban J connectivity index is 0.841. The van der Waals surface area contributed by atoms with Crippen LogP contribution in [-0.4, -0.2) is 93.7 Å². The number of nitrogens with zero attached hydrogens (tertiary/aromatic N) is 5. The first kappa shape index (κ1) is 53.1. The number of unbranched alkanes of at least 4 members (excludes halogenated alkanes) is 1. The summed E-state index contributed by atoms with van der Waals surface area (Å²) >= 11 is 7.32. The minimum Gasteiger partial charge on any atom is -0.391 e. The first-order chi connectivity index (χ1) is 34.1. The number of rotatable bonds is 17. The number of nitrogens with one attached hydrogen (secondary N) is 4. The van der Waals surface area contributed by atoms with Gasteiger partial charge in [-0.15, -0.1) is 11.3 Å². The predicted molar refractivity (Wildman–Crippen MR) is 278 cm³/mol. The third-order valence-corrected chi connectivity index (χ3v) is 14.1. The van der Waals surface area contributed by atoms with E-state index >= 15 is 0 Å². The molecule has 19 heteroatoms. The fraction of sp³-hybridized carbons (Fsp3) is 0.377. The van der Waals surface area contributed by atoms with Crippen LogP contribution in [0, 0.1) is 29.1 Å². The molecular weight excluding hydrogens is 964 g/mol. The van der Waals surface area contributed by atoms with E-state index in [0.29, 0.717) is 25.3 Å². The molecule has 14 nitrogen and oxygen atoms in total. The molecule has 0 unspecified atom stereocenters. The summed E-state index contributed by atoms with van der Waals surface area (Å²) in [6, 6.07) is 26.3. The number of amides is 3. The second kappa shape index (κ2) is 22.0. The van der Waals surface area contributed by atoms with Gasteiger partial charge in [0, 0.05) is 44.0 Å². The molecule has 2 saturated heterocycles. The third kappa shape index (κ3) is 12.0. The second-order valence-electron chi connectivity index (χ2n) is 19.5. The summed E-state index contributed by atoms with van der Waals surface area (Å²) in [5.74, 6) is -1.30. The van der Waals surface area contributed by atoms with Crippen LogP contribution in [0.3, 0.4) is 0 Å². The van der Waals surface area contributed by atoms with Crippen molar-refractivity contribution < 1.29 is 37.4 Å². The summed E-state index contributed by atoms with van der Waals surface area (Å²) in [5, 5.41) is 38.0. The van der Waals surface area contributed by atoms with Crippen LogP contribution in [0.1, 0.15) is 76.3 Å². The molecule has 7 rings (SSSR count). The van der Waals surface area contributed by atoms with Crippen molar-refractivity contribution in [2.24, 2.45) is 5.41 Å². The molecule has 3 heterocycles. The molecule has 5 N–H and O–H groups in total. The topological polar surface area (TPSA) is 187 Å². The number of carbonyl (C=O) groups is 3. The number of halogens is 3. The van der Waals surface area contributed by atoms with Gasteiger partial charge in [0.25, 0.3) is 0 Å². The molecule has 2 aliphatic rings. The van der Waals surface area contributed by atoms with Gasteiger partial charge in [-0.3, -0.25) is 24.7 Å². The number of aromatic nitrogens is 1. The van der Waals surface area contributed by atoms with E-state index in [4.69, 9.17) is 22.4 Å². The largest absolute Gasteiger partial charge is 0.417 e. The van der Waals surface area contributed by atoms with Crippen molar-refractivity contribution in [1.82, 2.24) is 20.5 Å². The maximum absolute atomic E-state index is 14.0. The van der Waals surface area contributed by atoms with E-state index in [0.717, 1.165) is 57.1 Å². The molecule has 4 aromatic carbocycles. The smallest absolute Gasteiger partial charge is 0.391 e. The van der Waals surface area contributed by atoms with Crippen LogP contribution in [0.5, 0.6) is 0 Å². The van der Waals surface area contributed by atoms with E-state index in [1.165, 1.54) is 15.9 Å². The monoisotopic (exact) mass is 1020 g/mol. The first-order valence-corrected chi connectivity index (χ1v) is 24.8. The van der Waals surface area contributed by atoms with Gasteiger partial charge in [0.2, 0.25) is 17.7 Å². The molecule has 0 aliphatic carbocycles. The molecule has 1 aromatic heterocycles. The average molecular weight is 1020 g/mol. The van der Waals surface area contributed by atoms with Crippen LogP contribution in [0.25, 0.3) is 21.6 Å². The number of nitriles is 1. The highest BCUT2D eigenvalue weighted by Crippen LogP contribution is 2.40. The lowest BCUT2D eigenvalue weighted by Crippen LogP contribution is -2.58. The summed E-state index contributed by atoms with van der Waals surface area (Å²) in [7, 11) is 0. The number of aliphatic hydroxyl groups excluding tert-OH is 1. The molecule has 2 fully saturated rings. The maximum Gasteiger partial charge on any atom is 0.417 e. The van der Waals surface area contributed by atoms with Crippen LogP contribution >= 0.6 is 23.6 Å². The van der Waals surface area contributed by atoms with Crippen molar-refractivity contribution in [3.63, 3.8) is 0 Å². The van der Waals surface area contributed by atoms with Crippen molar-refractivity contribution in [2.45, 2.75) is 97.3 Å². The lowest BCUT2D eigenvalue weighted by atomic mass is 9.85. The van der Waals surface area contributed by atoms with Crippen LogP contribution in [0.2, 0.25) is 0 Å². The van der Waals surface area contributed by atoms with E-state index in [9.17, 15) is 37.9 Å². The number of alkyl halides is 3. The van der Waals surface area contributed by atoms with Crippen molar-refractivity contribution in [3.05, 3.63) is 119 Å². The number of hydrogen-bond acceptors (Lipinski definition) is 11. The van der Waals surface area contributed by atoms with Gasteiger partial charge in [0.05, 0.1) is 50.6 Å².